The second-order valence-electron chi connectivity index (χ2n) is 4.33. The number of nitrogens with one attached hydrogen (secondary N) is 2. The largest absolute Gasteiger partial charge is 0.467 e. The summed E-state index contributed by atoms with van der Waals surface area (Å²) < 4.78 is 10.3. The lowest BCUT2D eigenvalue weighted by molar-refractivity contribution is 0.250. The number of carbonyl (C=O) groups is 1. The van der Waals surface area contributed by atoms with Crippen LogP contribution in [0.1, 0.15) is 5.76 Å². The highest BCUT2D eigenvalue weighted by Crippen LogP contribution is 2.21. The Kier molecular flexibility index (Phi) is 3.68. The maximum absolute atomic E-state index is 11.7. The first-order valence-electron chi connectivity index (χ1n) is 6.40. The van der Waals surface area contributed by atoms with Gasteiger partial charge in [-0.05, 0) is 12.1 Å². The molecular weight excluding hydrogens is 270 g/mol. The molecule has 2 heterocycles. The molecule has 3 rings (SSSR count). The van der Waals surface area contributed by atoms with E-state index >= 15 is 0 Å². The van der Waals surface area contributed by atoms with Crippen LogP contribution in [0.15, 0.2) is 63.7 Å². The van der Waals surface area contributed by atoms with Crippen LogP contribution in [0.4, 0.5) is 10.6 Å². The summed E-state index contributed by atoms with van der Waals surface area (Å²) in [7, 11) is 0. The molecule has 106 valence electrons. The van der Waals surface area contributed by atoms with Crippen LogP contribution in [-0.2, 0) is 6.54 Å². The minimum Gasteiger partial charge on any atom is -0.467 e. The Balaban J connectivity index is 1.58. The molecule has 0 aliphatic heterocycles. The number of anilines is 1. The van der Waals surface area contributed by atoms with E-state index in [0.29, 0.717) is 23.9 Å². The van der Waals surface area contributed by atoms with Gasteiger partial charge in [-0.15, -0.1) is 0 Å². The van der Waals surface area contributed by atoms with E-state index in [0.717, 1.165) is 5.56 Å². The Morgan fingerprint density at radius 2 is 2.00 bits per heavy atom. The zero-order valence-corrected chi connectivity index (χ0v) is 11.1. The number of hydrogen-bond acceptors (Lipinski definition) is 4. The van der Waals surface area contributed by atoms with Crippen LogP contribution < -0.4 is 10.6 Å². The number of hydrogen-bond donors (Lipinski definition) is 2. The van der Waals surface area contributed by atoms with E-state index in [1.807, 2.05) is 30.3 Å². The SMILES string of the molecule is O=C(NCc1ccco1)Nc1cc(-c2ccccc2)on1. The van der Waals surface area contributed by atoms with E-state index < -0.39 is 0 Å². The summed E-state index contributed by atoms with van der Waals surface area (Å²) in [5.41, 5.74) is 0.897. The van der Waals surface area contributed by atoms with Crippen molar-refractivity contribution in [2.45, 2.75) is 6.54 Å². The minimum absolute atomic E-state index is 0.308. The van der Waals surface area contributed by atoms with Crippen LogP contribution in [-0.4, -0.2) is 11.2 Å². The first-order chi connectivity index (χ1) is 10.3. The summed E-state index contributed by atoms with van der Waals surface area (Å²) >= 11 is 0. The zero-order chi connectivity index (χ0) is 14.5. The van der Waals surface area contributed by atoms with Gasteiger partial charge in [0.25, 0.3) is 0 Å². The molecule has 0 unspecified atom stereocenters. The normalized spacial score (nSPS) is 10.3. The Morgan fingerprint density at radius 3 is 2.76 bits per heavy atom. The van der Waals surface area contributed by atoms with Gasteiger partial charge in [0.05, 0.1) is 12.8 Å². The Bertz CT molecular complexity index is 705. The van der Waals surface area contributed by atoms with Crippen LogP contribution in [0.3, 0.4) is 0 Å². The molecular formula is C15H13N3O3. The van der Waals surface area contributed by atoms with Gasteiger partial charge in [-0.3, -0.25) is 5.32 Å². The molecule has 21 heavy (non-hydrogen) atoms. The fraction of sp³-hybridized carbons (Fsp3) is 0.0667. The Morgan fingerprint density at radius 1 is 1.14 bits per heavy atom. The van der Waals surface area contributed by atoms with Crippen LogP contribution in [0.5, 0.6) is 0 Å². The van der Waals surface area contributed by atoms with Gasteiger partial charge in [0.1, 0.15) is 5.76 Å². The van der Waals surface area contributed by atoms with Crippen molar-refractivity contribution in [3.8, 4) is 11.3 Å². The van der Waals surface area contributed by atoms with Gasteiger partial charge < -0.3 is 14.3 Å². The third kappa shape index (κ3) is 3.30. The molecule has 0 aliphatic rings. The summed E-state index contributed by atoms with van der Waals surface area (Å²) in [6.45, 7) is 0.308. The Labute approximate surface area is 120 Å². The van der Waals surface area contributed by atoms with Gasteiger partial charge in [-0.25, -0.2) is 4.79 Å². The first kappa shape index (κ1) is 13.0. The third-order valence-electron chi connectivity index (χ3n) is 2.81. The highest BCUT2D eigenvalue weighted by molar-refractivity contribution is 5.88. The average molecular weight is 283 g/mol. The van der Waals surface area contributed by atoms with Gasteiger partial charge in [0, 0.05) is 11.6 Å². The predicted molar refractivity (Wildman–Crippen MR) is 76.5 cm³/mol. The number of aromatic nitrogens is 1. The van der Waals surface area contributed by atoms with Crippen LogP contribution in [0.2, 0.25) is 0 Å². The lowest BCUT2D eigenvalue weighted by Crippen LogP contribution is -2.28. The van der Waals surface area contributed by atoms with Crippen molar-refractivity contribution < 1.29 is 13.7 Å². The number of benzene rings is 1. The second kappa shape index (κ2) is 5.96. The average Bonchev–Trinajstić information content (AvgIpc) is 3.17. The van der Waals surface area contributed by atoms with E-state index in [2.05, 4.69) is 15.8 Å². The molecule has 2 amide bonds. The predicted octanol–water partition coefficient (Wildman–Crippen LogP) is 3.26. The summed E-state index contributed by atoms with van der Waals surface area (Å²) in [4.78, 5) is 11.7. The molecule has 0 saturated heterocycles. The molecule has 0 fully saturated rings. The maximum atomic E-state index is 11.7. The number of rotatable bonds is 4. The monoisotopic (exact) mass is 283 g/mol. The van der Waals surface area contributed by atoms with Crippen LogP contribution >= 0.6 is 0 Å². The smallest absolute Gasteiger partial charge is 0.320 e. The van der Waals surface area contributed by atoms with E-state index in [9.17, 15) is 4.79 Å². The number of urea groups is 1. The van der Waals surface area contributed by atoms with Crippen molar-refractivity contribution in [1.82, 2.24) is 10.5 Å². The summed E-state index contributed by atoms with van der Waals surface area (Å²) in [5.74, 6) is 1.62. The highest BCUT2D eigenvalue weighted by Gasteiger charge is 2.09. The van der Waals surface area contributed by atoms with Gasteiger partial charge in [-0.1, -0.05) is 35.5 Å². The van der Waals surface area contributed by atoms with Crippen molar-refractivity contribution in [3.05, 3.63) is 60.6 Å². The van der Waals surface area contributed by atoms with Crippen LogP contribution in [0, 0.1) is 0 Å². The number of furan rings is 1. The lowest BCUT2D eigenvalue weighted by Gasteiger charge is -2.02. The van der Waals surface area contributed by atoms with Gasteiger partial charge >= 0.3 is 6.03 Å². The number of nitrogens with zero attached hydrogens (tertiary/aromatic N) is 1. The van der Waals surface area contributed by atoms with Crippen molar-refractivity contribution >= 4 is 11.8 Å². The lowest BCUT2D eigenvalue weighted by atomic mass is 10.2. The summed E-state index contributed by atoms with van der Waals surface area (Å²) in [5, 5.41) is 9.06. The highest BCUT2D eigenvalue weighted by atomic mass is 16.5. The zero-order valence-electron chi connectivity index (χ0n) is 11.1. The van der Waals surface area contributed by atoms with Crippen molar-refractivity contribution in [3.63, 3.8) is 0 Å². The third-order valence-corrected chi connectivity index (χ3v) is 2.81. The number of carbonyl (C=O) groups excluding carboxylic acids is 1. The molecule has 2 N–H and O–H groups in total. The molecule has 0 bridgehead atoms. The van der Waals surface area contributed by atoms with E-state index in [1.54, 1.807) is 24.5 Å². The van der Waals surface area contributed by atoms with E-state index in [4.69, 9.17) is 8.94 Å². The molecule has 0 atom stereocenters. The minimum atomic E-state index is -0.376. The van der Waals surface area contributed by atoms with Crippen LogP contribution in [0.25, 0.3) is 11.3 Å². The Hall–Kier alpha value is -3.02. The van der Waals surface area contributed by atoms with Gasteiger partial charge in [-0.2, -0.15) is 0 Å². The van der Waals surface area contributed by atoms with E-state index in [-0.39, 0.29) is 6.03 Å². The van der Waals surface area contributed by atoms with Gasteiger partial charge in [0.2, 0.25) is 0 Å². The number of amides is 2. The molecule has 0 spiro atoms. The standard InChI is InChI=1S/C15H13N3O3/c19-15(16-10-12-7-4-8-20-12)17-14-9-13(21-18-14)11-5-2-1-3-6-11/h1-9H,10H2,(H2,16,17,18,19). The first-order valence-corrected chi connectivity index (χ1v) is 6.40. The van der Waals surface area contributed by atoms with Crippen molar-refractivity contribution in [2.24, 2.45) is 0 Å². The molecule has 2 aromatic heterocycles. The van der Waals surface area contributed by atoms with Crippen molar-refractivity contribution in [2.75, 3.05) is 5.32 Å². The van der Waals surface area contributed by atoms with Gasteiger partial charge in [0.15, 0.2) is 11.6 Å². The fourth-order valence-corrected chi connectivity index (χ4v) is 1.81. The molecule has 6 nitrogen and oxygen atoms in total. The maximum Gasteiger partial charge on any atom is 0.320 e. The molecule has 0 saturated carbocycles. The molecule has 0 radical (unpaired) electrons. The molecule has 1 aromatic carbocycles. The summed E-state index contributed by atoms with van der Waals surface area (Å²) in [6, 6.07) is 14.4. The summed E-state index contributed by atoms with van der Waals surface area (Å²) in [6.07, 6.45) is 1.55. The van der Waals surface area contributed by atoms with Crippen molar-refractivity contribution in [1.29, 1.82) is 0 Å². The quantitative estimate of drug-likeness (QED) is 0.770. The van der Waals surface area contributed by atoms with E-state index in [1.165, 1.54) is 0 Å². The molecule has 3 aromatic rings. The second-order valence-corrected chi connectivity index (χ2v) is 4.33. The molecule has 6 heteroatoms. The fourth-order valence-electron chi connectivity index (χ4n) is 1.81. The topological polar surface area (TPSA) is 80.3 Å². The molecule has 0 aliphatic carbocycles.